The normalized spacial score (nSPS) is 11.5. The molecule has 2 heterocycles. The first-order chi connectivity index (χ1) is 13.8. The van der Waals surface area contributed by atoms with E-state index in [0.29, 0.717) is 23.9 Å². The highest BCUT2D eigenvalue weighted by Crippen LogP contribution is 2.36. The Morgan fingerprint density at radius 2 is 1.72 bits per heavy atom. The molecule has 6 nitrogen and oxygen atoms in total. The number of likely N-dealkylation sites (N-methyl/N-ethyl adjacent to an activating group) is 1. The van der Waals surface area contributed by atoms with Crippen molar-refractivity contribution in [1.29, 1.82) is 0 Å². The van der Waals surface area contributed by atoms with E-state index in [0.717, 1.165) is 12.6 Å². The third-order valence-electron chi connectivity index (χ3n) is 3.99. The van der Waals surface area contributed by atoms with Gasteiger partial charge in [0.2, 0.25) is 5.95 Å². The zero-order valence-corrected chi connectivity index (χ0v) is 16.0. The molecular weight excluding hydrogens is 381 g/mol. The number of halogens is 3. The van der Waals surface area contributed by atoms with E-state index in [1.165, 1.54) is 18.2 Å². The van der Waals surface area contributed by atoms with E-state index in [1.807, 2.05) is 25.1 Å². The van der Waals surface area contributed by atoms with Crippen LogP contribution in [0.3, 0.4) is 0 Å². The lowest BCUT2D eigenvalue weighted by atomic mass is 10.1. The number of para-hydroxylation sites is 1. The fourth-order valence-corrected chi connectivity index (χ4v) is 2.60. The van der Waals surface area contributed by atoms with Crippen molar-refractivity contribution in [2.45, 2.75) is 6.18 Å². The molecule has 2 N–H and O–H groups in total. The molecule has 2 aromatic heterocycles. The molecule has 0 aliphatic rings. The lowest BCUT2D eigenvalue weighted by molar-refractivity contribution is -0.136. The average Bonchev–Trinajstić information content (AvgIpc) is 2.68. The Labute approximate surface area is 166 Å². The van der Waals surface area contributed by atoms with Gasteiger partial charge in [-0.15, -0.1) is 0 Å². The summed E-state index contributed by atoms with van der Waals surface area (Å²) in [6.45, 7) is 1.33. The molecule has 29 heavy (non-hydrogen) atoms. The molecular formula is C20H21F3N6. The zero-order chi connectivity index (χ0) is 20.9. The number of nitrogens with one attached hydrogen (secondary N) is 2. The van der Waals surface area contributed by atoms with Gasteiger partial charge in [0, 0.05) is 25.4 Å². The summed E-state index contributed by atoms with van der Waals surface area (Å²) in [7, 11) is 3.88. The molecule has 0 fully saturated rings. The number of benzene rings is 1. The van der Waals surface area contributed by atoms with E-state index in [2.05, 4.69) is 25.6 Å². The average molecular weight is 402 g/mol. The topological polar surface area (TPSA) is 66.0 Å². The van der Waals surface area contributed by atoms with Gasteiger partial charge in [-0.25, -0.2) is 4.98 Å². The predicted molar refractivity (Wildman–Crippen MR) is 107 cm³/mol. The summed E-state index contributed by atoms with van der Waals surface area (Å²) < 4.78 is 40.0. The molecule has 0 unspecified atom stereocenters. The monoisotopic (exact) mass is 402 g/mol. The third-order valence-corrected chi connectivity index (χ3v) is 3.99. The van der Waals surface area contributed by atoms with Gasteiger partial charge in [-0.05, 0) is 38.4 Å². The van der Waals surface area contributed by atoms with Crippen LogP contribution in [0.15, 0.2) is 54.7 Å². The highest BCUT2D eigenvalue weighted by molar-refractivity contribution is 5.67. The maximum absolute atomic E-state index is 13.3. The summed E-state index contributed by atoms with van der Waals surface area (Å²) in [6.07, 6.45) is -2.85. The third kappa shape index (κ3) is 5.64. The Kier molecular flexibility index (Phi) is 6.28. The van der Waals surface area contributed by atoms with Crippen molar-refractivity contribution in [1.82, 2.24) is 19.9 Å². The first kappa shape index (κ1) is 20.5. The predicted octanol–water partition coefficient (Wildman–Crippen LogP) is 4.27. The van der Waals surface area contributed by atoms with Crippen molar-refractivity contribution in [2.75, 3.05) is 37.8 Å². The van der Waals surface area contributed by atoms with Crippen LogP contribution in [0.4, 0.5) is 30.6 Å². The Morgan fingerprint density at radius 3 is 2.41 bits per heavy atom. The Hall–Kier alpha value is -3.20. The van der Waals surface area contributed by atoms with Crippen molar-refractivity contribution < 1.29 is 13.2 Å². The molecule has 3 rings (SSSR count). The Bertz CT molecular complexity index is 944. The highest BCUT2D eigenvalue weighted by atomic mass is 19.4. The van der Waals surface area contributed by atoms with Crippen LogP contribution >= 0.6 is 0 Å². The van der Waals surface area contributed by atoms with E-state index in [4.69, 9.17) is 0 Å². The van der Waals surface area contributed by atoms with Crippen LogP contribution in [-0.2, 0) is 6.18 Å². The first-order valence-corrected chi connectivity index (χ1v) is 8.95. The van der Waals surface area contributed by atoms with Gasteiger partial charge in [0.25, 0.3) is 0 Å². The number of alkyl halides is 3. The summed E-state index contributed by atoms with van der Waals surface area (Å²) >= 11 is 0. The van der Waals surface area contributed by atoms with Crippen LogP contribution in [0, 0.1) is 0 Å². The molecule has 0 bridgehead atoms. The van der Waals surface area contributed by atoms with Crippen LogP contribution in [-0.4, -0.2) is 47.0 Å². The minimum atomic E-state index is -4.48. The summed E-state index contributed by atoms with van der Waals surface area (Å²) in [5.74, 6) is 0.548. The van der Waals surface area contributed by atoms with Crippen LogP contribution < -0.4 is 10.6 Å². The second-order valence-electron chi connectivity index (χ2n) is 6.58. The minimum absolute atomic E-state index is 0.0788. The number of rotatable bonds is 7. The minimum Gasteiger partial charge on any atom is -0.353 e. The molecule has 0 aliphatic heterocycles. The van der Waals surface area contributed by atoms with Gasteiger partial charge in [0.05, 0.1) is 22.6 Å². The number of nitrogens with zero attached hydrogens (tertiary/aromatic N) is 4. The molecule has 9 heteroatoms. The number of pyridine rings is 1. The van der Waals surface area contributed by atoms with Gasteiger partial charge >= 0.3 is 6.18 Å². The standard InChI is InChI=1S/C20H21F3N6/c1-29(2)12-11-25-19-27-17(16-9-5-6-10-24-16)13-18(28-19)26-15-8-4-3-7-14(15)20(21,22)23/h3-10,13H,11-12H2,1-2H3,(H2,25,26,27,28). The second kappa shape index (κ2) is 8.87. The largest absolute Gasteiger partial charge is 0.418 e. The molecule has 0 atom stereocenters. The number of hydrogen-bond acceptors (Lipinski definition) is 6. The van der Waals surface area contributed by atoms with Gasteiger partial charge in [-0.2, -0.15) is 18.2 Å². The maximum atomic E-state index is 13.3. The van der Waals surface area contributed by atoms with Crippen molar-refractivity contribution in [3.63, 3.8) is 0 Å². The van der Waals surface area contributed by atoms with Crippen LogP contribution in [0.25, 0.3) is 11.4 Å². The second-order valence-corrected chi connectivity index (χ2v) is 6.58. The van der Waals surface area contributed by atoms with E-state index < -0.39 is 11.7 Å². The summed E-state index contributed by atoms with van der Waals surface area (Å²) in [6, 6.07) is 12.2. The summed E-state index contributed by atoms with van der Waals surface area (Å²) in [5.41, 5.74) is 0.252. The molecule has 0 spiro atoms. The van der Waals surface area contributed by atoms with Crippen LogP contribution in [0.1, 0.15) is 5.56 Å². The quantitative estimate of drug-likeness (QED) is 0.615. The van der Waals surface area contributed by atoms with E-state index >= 15 is 0 Å². The smallest absolute Gasteiger partial charge is 0.353 e. The number of hydrogen-bond donors (Lipinski definition) is 2. The Balaban J connectivity index is 1.95. The van der Waals surface area contributed by atoms with Crippen LogP contribution in [0.2, 0.25) is 0 Å². The lowest BCUT2D eigenvalue weighted by Crippen LogP contribution is -2.21. The molecule has 0 aliphatic carbocycles. The van der Waals surface area contributed by atoms with E-state index in [-0.39, 0.29) is 11.5 Å². The lowest BCUT2D eigenvalue weighted by Gasteiger charge is -2.16. The Morgan fingerprint density at radius 1 is 0.966 bits per heavy atom. The fourth-order valence-electron chi connectivity index (χ4n) is 2.60. The molecule has 152 valence electrons. The number of aromatic nitrogens is 3. The number of anilines is 3. The summed E-state index contributed by atoms with van der Waals surface area (Å²) in [5, 5.41) is 5.88. The molecule has 3 aromatic rings. The molecule has 0 saturated heterocycles. The van der Waals surface area contributed by atoms with Crippen molar-refractivity contribution in [3.8, 4) is 11.4 Å². The zero-order valence-electron chi connectivity index (χ0n) is 16.0. The van der Waals surface area contributed by atoms with Gasteiger partial charge in [0.1, 0.15) is 5.82 Å². The molecule has 1 aromatic carbocycles. The van der Waals surface area contributed by atoms with Crippen molar-refractivity contribution >= 4 is 17.5 Å². The van der Waals surface area contributed by atoms with Gasteiger partial charge in [-0.1, -0.05) is 18.2 Å². The van der Waals surface area contributed by atoms with Crippen molar-refractivity contribution in [3.05, 3.63) is 60.3 Å². The van der Waals surface area contributed by atoms with E-state index in [9.17, 15) is 13.2 Å². The maximum Gasteiger partial charge on any atom is 0.418 e. The molecule has 0 amide bonds. The fraction of sp³-hybridized carbons (Fsp3) is 0.250. The summed E-state index contributed by atoms with van der Waals surface area (Å²) in [4.78, 5) is 15.0. The van der Waals surface area contributed by atoms with Gasteiger partial charge in [0.15, 0.2) is 0 Å². The molecule has 0 saturated carbocycles. The van der Waals surface area contributed by atoms with Crippen LogP contribution in [0.5, 0.6) is 0 Å². The highest BCUT2D eigenvalue weighted by Gasteiger charge is 2.33. The van der Waals surface area contributed by atoms with Crippen molar-refractivity contribution in [2.24, 2.45) is 0 Å². The first-order valence-electron chi connectivity index (χ1n) is 8.95. The van der Waals surface area contributed by atoms with Gasteiger partial charge < -0.3 is 15.5 Å². The van der Waals surface area contributed by atoms with E-state index in [1.54, 1.807) is 24.4 Å². The van der Waals surface area contributed by atoms with Gasteiger partial charge in [-0.3, -0.25) is 4.98 Å². The SMILES string of the molecule is CN(C)CCNc1nc(Nc2ccccc2C(F)(F)F)cc(-c2ccccn2)n1. The molecule has 0 radical (unpaired) electrons.